The molecule has 0 saturated carbocycles. The van der Waals surface area contributed by atoms with Gasteiger partial charge in [0.1, 0.15) is 0 Å². The molecule has 6 heteroatoms. The fourth-order valence-corrected chi connectivity index (χ4v) is 4.43. The number of nitrogens with zero attached hydrogens (tertiary/aromatic N) is 1. The summed E-state index contributed by atoms with van der Waals surface area (Å²) in [5, 5.41) is 8.83. The van der Waals surface area contributed by atoms with Gasteiger partial charge in [0.25, 0.3) is 0 Å². The molecule has 18 heavy (non-hydrogen) atoms. The number of aromatic nitrogens is 1. The highest BCUT2D eigenvalue weighted by atomic mass is 32.2. The minimum Gasteiger partial charge on any atom is -0.481 e. The Hall–Kier alpha value is -1.30. The van der Waals surface area contributed by atoms with Crippen LogP contribution in [0.5, 0.6) is 0 Å². The molecule has 1 fully saturated rings. The Morgan fingerprint density at radius 3 is 2.67 bits per heavy atom. The molecule has 1 aromatic heterocycles. The third kappa shape index (κ3) is 2.43. The minimum atomic E-state index is -2.93. The second kappa shape index (κ2) is 4.42. The first-order valence-electron chi connectivity index (χ1n) is 5.89. The average Bonchev–Trinajstić information content (AvgIpc) is 2.68. The molecule has 1 unspecified atom stereocenters. The van der Waals surface area contributed by atoms with E-state index < -0.39 is 15.8 Å². The molecule has 1 saturated heterocycles. The maximum atomic E-state index is 11.5. The largest absolute Gasteiger partial charge is 0.481 e. The number of sulfone groups is 1. The molecule has 1 atom stereocenters. The number of aryl methyl sites for hydroxylation is 1. The molecule has 0 aliphatic carbocycles. The van der Waals surface area contributed by atoms with Gasteiger partial charge in [-0.25, -0.2) is 8.42 Å². The van der Waals surface area contributed by atoms with Crippen LogP contribution in [-0.2, 0) is 21.1 Å². The number of hydrogen-bond donors (Lipinski definition) is 1. The molecule has 0 aromatic carbocycles. The lowest BCUT2D eigenvalue weighted by Crippen LogP contribution is -2.14. The van der Waals surface area contributed by atoms with Crippen molar-refractivity contribution in [1.29, 1.82) is 0 Å². The van der Waals surface area contributed by atoms with Crippen LogP contribution < -0.4 is 0 Å². The van der Waals surface area contributed by atoms with Gasteiger partial charge in [0.2, 0.25) is 0 Å². The molecule has 2 heterocycles. The maximum absolute atomic E-state index is 11.5. The molecule has 1 aliphatic heterocycles. The third-order valence-corrected chi connectivity index (χ3v) is 5.25. The molecule has 1 aliphatic rings. The molecular weight excluding hydrogens is 254 g/mol. The summed E-state index contributed by atoms with van der Waals surface area (Å²) < 4.78 is 25.0. The second-order valence-corrected chi connectivity index (χ2v) is 7.12. The molecule has 0 spiro atoms. The van der Waals surface area contributed by atoms with Gasteiger partial charge >= 0.3 is 5.97 Å². The second-order valence-electron chi connectivity index (χ2n) is 4.89. The first kappa shape index (κ1) is 13.1. The summed E-state index contributed by atoms with van der Waals surface area (Å²) in [5.74, 6) is -0.479. The molecule has 5 nitrogen and oxygen atoms in total. The maximum Gasteiger partial charge on any atom is 0.307 e. The van der Waals surface area contributed by atoms with E-state index in [9.17, 15) is 13.2 Å². The summed E-state index contributed by atoms with van der Waals surface area (Å²) in [6.45, 7) is 3.75. The Bertz CT molecular complexity index is 585. The van der Waals surface area contributed by atoms with Crippen LogP contribution >= 0.6 is 0 Å². The van der Waals surface area contributed by atoms with Crippen molar-refractivity contribution < 1.29 is 18.3 Å². The van der Waals surface area contributed by atoms with Crippen LogP contribution in [0.3, 0.4) is 0 Å². The molecule has 0 radical (unpaired) electrons. The Morgan fingerprint density at radius 1 is 1.50 bits per heavy atom. The van der Waals surface area contributed by atoms with Gasteiger partial charge in [0.15, 0.2) is 9.84 Å². The topological polar surface area (TPSA) is 76.4 Å². The number of rotatable bonds is 3. The lowest BCUT2D eigenvalue weighted by Gasteiger charge is -2.16. The predicted octanol–water partition coefficient (Wildman–Crippen LogP) is 1.09. The van der Waals surface area contributed by atoms with Crippen molar-refractivity contribution >= 4 is 15.8 Å². The third-order valence-electron chi connectivity index (χ3n) is 3.50. The van der Waals surface area contributed by atoms with E-state index >= 15 is 0 Å². The summed E-state index contributed by atoms with van der Waals surface area (Å²) in [6, 6.07) is 1.80. The Morgan fingerprint density at radius 2 is 2.17 bits per heavy atom. The van der Waals surface area contributed by atoms with Crippen LogP contribution in [0, 0.1) is 13.8 Å². The molecule has 0 amide bonds. The van der Waals surface area contributed by atoms with Crippen LogP contribution in [0.15, 0.2) is 6.07 Å². The summed E-state index contributed by atoms with van der Waals surface area (Å²) in [7, 11) is -2.93. The average molecular weight is 271 g/mol. The lowest BCUT2D eigenvalue weighted by molar-refractivity contribution is -0.136. The van der Waals surface area contributed by atoms with Gasteiger partial charge in [-0.3, -0.25) is 4.79 Å². The Labute approximate surface area is 106 Å². The van der Waals surface area contributed by atoms with Crippen LogP contribution in [0.4, 0.5) is 0 Å². The van der Waals surface area contributed by atoms with Gasteiger partial charge in [-0.1, -0.05) is 0 Å². The number of aliphatic carboxylic acids is 1. The smallest absolute Gasteiger partial charge is 0.307 e. The van der Waals surface area contributed by atoms with Crippen molar-refractivity contribution in [2.45, 2.75) is 32.7 Å². The predicted molar refractivity (Wildman–Crippen MR) is 67.6 cm³/mol. The first-order chi connectivity index (χ1) is 8.30. The van der Waals surface area contributed by atoms with E-state index in [-0.39, 0.29) is 24.0 Å². The summed E-state index contributed by atoms with van der Waals surface area (Å²) in [5.41, 5.74) is 2.58. The van der Waals surface area contributed by atoms with Crippen molar-refractivity contribution in [3.05, 3.63) is 23.0 Å². The van der Waals surface area contributed by atoms with Crippen LogP contribution in [0.2, 0.25) is 0 Å². The van der Waals surface area contributed by atoms with E-state index in [0.717, 1.165) is 17.0 Å². The van der Waals surface area contributed by atoms with Crippen LogP contribution in [0.25, 0.3) is 0 Å². The van der Waals surface area contributed by atoms with Crippen LogP contribution in [-0.4, -0.2) is 35.6 Å². The van der Waals surface area contributed by atoms with E-state index in [1.165, 1.54) is 0 Å². The molecule has 1 aromatic rings. The highest BCUT2D eigenvalue weighted by molar-refractivity contribution is 7.91. The monoisotopic (exact) mass is 271 g/mol. The van der Waals surface area contributed by atoms with E-state index in [0.29, 0.717) is 6.42 Å². The summed E-state index contributed by atoms with van der Waals surface area (Å²) >= 11 is 0. The molecule has 100 valence electrons. The molecule has 2 rings (SSSR count). The SMILES string of the molecule is Cc1cc(CC(=O)O)c(C)n1C1CCS(=O)(=O)C1. The fourth-order valence-electron chi connectivity index (χ4n) is 2.73. The molecule has 1 N–H and O–H groups in total. The van der Waals surface area contributed by atoms with E-state index in [1.54, 1.807) is 0 Å². The van der Waals surface area contributed by atoms with Gasteiger partial charge in [-0.15, -0.1) is 0 Å². The van der Waals surface area contributed by atoms with Gasteiger partial charge in [-0.2, -0.15) is 0 Å². The lowest BCUT2D eigenvalue weighted by atomic mass is 10.2. The van der Waals surface area contributed by atoms with Crippen molar-refractivity contribution in [3.8, 4) is 0 Å². The van der Waals surface area contributed by atoms with Crippen molar-refractivity contribution in [2.75, 3.05) is 11.5 Å². The highest BCUT2D eigenvalue weighted by Crippen LogP contribution is 2.29. The fraction of sp³-hybridized carbons (Fsp3) is 0.583. The first-order valence-corrected chi connectivity index (χ1v) is 7.72. The Balaban J connectivity index is 2.34. The van der Waals surface area contributed by atoms with Crippen molar-refractivity contribution in [2.24, 2.45) is 0 Å². The number of carboxylic acids is 1. The van der Waals surface area contributed by atoms with Gasteiger partial charge in [0, 0.05) is 17.4 Å². The number of carbonyl (C=O) groups is 1. The summed E-state index contributed by atoms with van der Waals surface area (Å²) in [4.78, 5) is 10.8. The minimum absolute atomic E-state index is 0.0147. The quantitative estimate of drug-likeness (QED) is 0.893. The van der Waals surface area contributed by atoms with Gasteiger partial charge in [-0.05, 0) is 31.9 Å². The van der Waals surface area contributed by atoms with E-state index in [1.807, 2.05) is 24.5 Å². The number of hydrogen-bond acceptors (Lipinski definition) is 3. The van der Waals surface area contributed by atoms with E-state index in [4.69, 9.17) is 5.11 Å². The zero-order valence-electron chi connectivity index (χ0n) is 10.5. The normalized spacial score (nSPS) is 22.2. The van der Waals surface area contributed by atoms with E-state index in [2.05, 4.69) is 0 Å². The highest BCUT2D eigenvalue weighted by Gasteiger charge is 2.31. The zero-order valence-corrected chi connectivity index (χ0v) is 11.3. The molecule has 0 bridgehead atoms. The van der Waals surface area contributed by atoms with Gasteiger partial charge < -0.3 is 9.67 Å². The summed E-state index contributed by atoms with van der Waals surface area (Å²) in [6.07, 6.45) is 0.602. The number of carboxylic acid groups (broad SMARTS) is 1. The van der Waals surface area contributed by atoms with Crippen molar-refractivity contribution in [1.82, 2.24) is 4.57 Å². The van der Waals surface area contributed by atoms with Gasteiger partial charge in [0.05, 0.1) is 17.9 Å². The zero-order chi connectivity index (χ0) is 13.5. The standard InChI is InChI=1S/C12H17NO4S/c1-8-5-10(6-12(14)15)9(2)13(8)11-3-4-18(16,17)7-11/h5,11H,3-4,6-7H2,1-2H3,(H,14,15). The molecular formula is C12H17NO4S. The Kier molecular flexibility index (Phi) is 3.23. The van der Waals surface area contributed by atoms with Crippen LogP contribution in [0.1, 0.15) is 29.4 Å². The van der Waals surface area contributed by atoms with Crippen molar-refractivity contribution in [3.63, 3.8) is 0 Å².